The van der Waals surface area contributed by atoms with Crippen molar-refractivity contribution in [3.05, 3.63) is 0 Å². The van der Waals surface area contributed by atoms with Gasteiger partial charge in [0.05, 0.1) is 24.2 Å². The van der Waals surface area contributed by atoms with Gasteiger partial charge in [-0.05, 0) is 25.2 Å². The molecule has 26 heavy (non-hydrogen) atoms. The molecule has 10 atom stereocenters. The summed E-state index contributed by atoms with van der Waals surface area (Å²) in [6.07, 6.45) is -1.93. The second-order valence-electron chi connectivity index (χ2n) is 7.86. The first-order chi connectivity index (χ1) is 12.2. The molecule has 2 N–H and O–H groups in total. The van der Waals surface area contributed by atoms with Crippen molar-refractivity contribution in [2.45, 2.75) is 85.0 Å². The summed E-state index contributed by atoms with van der Waals surface area (Å²) < 4.78 is 23.8. The van der Waals surface area contributed by atoms with Crippen molar-refractivity contribution in [2.75, 3.05) is 5.88 Å². The van der Waals surface area contributed by atoms with Gasteiger partial charge in [0.15, 0.2) is 12.2 Å². The minimum Gasteiger partial charge on any atom is -0.451 e. The van der Waals surface area contributed by atoms with Crippen molar-refractivity contribution in [2.24, 2.45) is 23.7 Å². The maximum absolute atomic E-state index is 10.9. The zero-order chi connectivity index (χ0) is 19.6. The second kappa shape index (κ2) is 9.20. The van der Waals surface area contributed by atoms with Crippen LogP contribution in [0.1, 0.15) is 48.0 Å². The number of halogens is 1. The van der Waals surface area contributed by atoms with E-state index in [1.54, 1.807) is 0 Å². The average molecular weight is 392 g/mol. The average Bonchev–Trinajstić information content (AvgIpc) is 2.63. The van der Waals surface area contributed by atoms with Crippen LogP contribution >= 0.6 is 11.6 Å². The molecule has 2 aliphatic rings. The highest BCUT2D eigenvalue weighted by atomic mass is 35.5. The van der Waals surface area contributed by atoms with Crippen LogP contribution in [0.3, 0.4) is 0 Å². The van der Waals surface area contributed by atoms with E-state index >= 15 is 0 Å². The van der Waals surface area contributed by atoms with Crippen LogP contribution in [0.2, 0.25) is 0 Å². The number of ether oxygens (including phenoxy) is 4. The van der Waals surface area contributed by atoms with Gasteiger partial charge in [-0.25, -0.2) is 0 Å². The summed E-state index contributed by atoms with van der Waals surface area (Å²) in [5, 5.41) is 18.5. The summed E-state index contributed by atoms with van der Waals surface area (Å²) in [7, 11) is 0. The van der Waals surface area contributed by atoms with Crippen LogP contribution in [0.4, 0.5) is 0 Å². The van der Waals surface area contributed by atoms with Gasteiger partial charge in [-0.1, -0.05) is 34.6 Å². The Balaban J connectivity index is 2.09. The first kappa shape index (κ1) is 21.9. The molecular weight excluding hydrogens is 358 g/mol. The zero-order valence-corrected chi connectivity index (χ0v) is 17.4. The SMILES string of the molecule is CCC1OC(OC(=N)CCl)C(C)[C@@H](O)[C@H]1O[C@H]1O[C@H](C)[C@@H](C)C(C)C1C. The molecule has 0 radical (unpaired) electrons. The highest BCUT2D eigenvalue weighted by Crippen LogP contribution is 2.38. The molecule has 7 heteroatoms. The molecule has 2 saturated heterocycles. The minimum absolute atomic E-state index is 0.0270. The Kier molecular flexibility index (Phi) is 7.74. The van der Waals surface area contributed by atoms with Crippen molar-refractivity contribution in [3.8, 4) is 0 Å². The van der Waals surface area contributed by atoms with Crippen molar-refractivity contribution >= 4 is 17.5 Å². The van der Waals surface area contributed by atoms with Crippen LogP contribution in [0.25, 0.3) is 0 Å². The van der Waals surface area contributed by atoms with E-state index in [1.807, 2.05) is 13.8 Å². The molecule has 0 saturated carbocycles. The van der Waals surface area contributed by atoms with Gasteiger partial charge in [-0.3, -0.25) is 5.41 Å². The summed E-state index contributed by atoms with van der Waals surface area (Å²) >= 11 is 5.63. The maximum Gasteiger partial charge on any atom is 0.206 e. The molecule has 6 nitrogen and oxygen atoms in total. The molecule has 2 heterocycles. The van der Waals surface area contributed by atoms with Crippen molar-refractivity contribution in [1.29, 1.82) is 5.41 Å². The standard InChI is InChI=1S/C19H34ClNO5/c1-7-14-17(16(22)12(5)19(24-14)25-15(21)8-20)26-18-11(4)9(2)10(3)13(6)23-18/h9-14,16-19,21-22H,7-8H2,1-6H3/t9?,10-,11?,12?,13+,14?,16+,17-,18+,19?/m0/s1. The lowest BCUT2D eigenvalue weighted by atomic mass is 9.79. The van der Waals surface area contributed by atoms with Crippen LogP contribution in [0.15, 0.2) is 0 Å². The second-order valence-corrected chi connectivity index (χ2v) is 8.13. The van der Waals surface area contributed by atoms with Gasteiger partial charge in [0, 0.05) is 11.8 Å². The number of rotatable bonds is 5. The van der Waals surface area contributed by atoms with E-state index in [4.69, 9.17) is 36.0 Å². The fourth-order valence-corrected chi connectivity index (χ4v) is 3.84. The van der Waals surface area contributed by atoms with E-state index in [1.165, 1.54) is 0 Å². The lowest BCUT2D eigenvalue weighted by Crippen LogP contribution is -2.58. The van der Waals surface area contributed by atoms with Crippen LogP contribution in [-0.4, -0.2) is 53.9 Å². The van der Waals surface area contributed by atoms with Gasteiger partial charge in [-0.2, -0.15) is 0 Å². The normalized spacial score (nSPS) is 46.8. The predicted octanol–water partition coefficient (Wildman–Crippen LogP) is 3.39. The summed E-state index contributed by atoms with van der Waals surface area (Å²) in [5.74, 6) is 0.700. The molecular formula is C19H34ClNO5. The van der Waals surface area contributed by atoms with E-state index in [0.29, 0.717) is 18.3 Å². The van der Waals surface area contributed by atoms with E-state index in [-0.39, 0.29) is 42.1 Å². The molecule has 0 aromatic rings. The van der Waals surface area contributed by atoms with Gasteiger partial charge in [-0.15, -0.1) is 11.6 Å². The Morgan fingerprint density at radius 1 is 1.00 bits per heavy atom. The molecule has 152 valence electrons. The number of alkyl halides is 1. The molecule has 0 bridgehead atoms. The van der Waals surface area contributed by atoms with Gasteiger partial charge >= 0.3 is 0 Å². The Morgan fingerprint density at radius 2 is 1.65 bits per heavy atom. The first-order valence-corrected chi connectivity index (χ1v) is 10.2. The number of nitrogens with one attached hydrogen (secondary N) is 1. The molecule has 0 aliphatic carbocycles. The summed E-state index contributed by atoms with van der Waals surface area (Å²) in [6.45, 7) is 12.4. The monoisotopic (exact) mass is 391 g/mol. The fourth-order valence-electron chi connectivity index (χ4n) is 3.78. The van der Waals surface area contributed by atoms with Crippen LogP contribution in [0.5, 0.6) is 0 Å². The number of aliphatic hydroxyl groups excluding tert-OH is 1. The van der Waals surface area contributed by atoms with Crippen molar-refractivity contribution in [1.82, 2.24) is 0 Å². The van der Waals surface area contributed by atoms with Crippen LogP contribution < -0.4 is 0 Å². The lowest BCUT2D eigenvalue weighted by molar-refractivity contribution is -0.323. The van der Waals surface area contributed by atoms with Crippen LogP contribution in [-0.2, 0) is 18.9 Å². The quantitative estimate of drug-likeness (QED) is 0.426. The van der Waals surface area contributed by atoms with Crippen molar-refractivity contribution < 1.29 is 24.1 Å². The number of hydrogen-bond donors (Lipinski definition) is 2. The molecule has 0 spiro atoms. The zero-order valence-electron chi connectivity index (χ0n) is 16.6. The Bertz CT molecular complexity index is 477. The van der Waals surface area contributed by atoms with Crippen LogP contribution in [0, 0.1) is 29.1 Å². The molecule has 0 aromatic heterocycles. The predicted molar refractivity (Wildman–Crippen MR) is 100 cm³/mol. The third kappa shape index (κ3) is 4.53. The largest absolute Gasteiger partial charge is 0.451 e. The number of aliphatic hydroxyl groups is 1. The minimum atomic E-state index is -0.775. The molecule has 5 unspecified atom stereocenters. The highest BCUT2D eigenvalue weighted by Gasteiger charge is 2.47. The number of hydrogen-bond acceptors (Lipinski definition) is 6. The Morgan fingerprint density at radius 3 is 2.23 bits per heavy atom. The molecule has 2 fully saturated rings. The Hall–Kier alpha value is -0.400. The highest BCUT2D eigenvalue weighted by molar-refractivity contribution is 6.26. The van der Waals surface area contributed by atoms with E-state index in [2.05, 4.69) is 27.7 Å². The van der Waals surface area contributed by atoms with Gasteiger partial charge in [0.1, 0.15) is 6.10 Å². The first-order valence-electron chi connectivity index (χ1n) is 9.65. The third-order valence-electron chi connectivity index (χ3n) is 6.23. The van der Waals surface area contributed by atoms with Gasteiger partial charge in [0.25, 0.3) is 0 Å². The van der Waals surface area contributed by atoms with Crippen molar-refractivity contribution in [3.63, 3.8) is 0 Å². The summed E-state index contributed by atoms with van der Waals surface area (Å²) in [5.41, 5.74) is 0. The van der Waals surface area contributed by atoms with Gasteiger partial charge < -0.3 is 24.1 Å². The summed E-state index contributed by atoms with van der Waals surface area (Å²) in [4.78, 5) is 0. The smallest absolute Gasteiger partial charge is 0.206 e. The van der Waals surface area contributed by atoms with Gasteiger partial charge in [0.2, 0.25) is 6.29 Å². The van der Waals surface area contributed by atoms with E-state index in [9.17, 15) is 5.11 Å². The maximum atomic E-state index is 10.9. The third-order valence-corrected chi connectivity index (χ3v) is 6.47. The Labute approximate surface area is 162 Å². The fraction of sp³-hybridized carbons (Fsp3) is 0.947. The molecule has 2 aliphatic heterocycles. The van der Waals surface area contributed by atoms with E-state index < -0.39 is 18.5 Å². The molecule has 2 rings (SSSR count). The lowest BCUT2D eigenvalue weighted by Gasteiger charge is -2.47. The molecule has 0 amide bonds. The topological polar surface area (TPSA) is 81.0 Å². The summed E-state index contributed by atoms with van der Waals surface area (Å²) in [6, 6.07) is 0. The van der Waals surface area contributed by atoms with E-state index in [0.717, 1.165) is 0 Å². The molecule has 0 aromatic carbocycles.